The van der Waals surface area contributed by atoms with Crippen molar-refractivity contribution in [3.8, 4) is 0 Å². The molecule has 1 saturated heterocycles. The van der Waals surface area contributed by atoms with E-state index in [0.717, 1.165) is 4.90 Å². The lowest BCUT2D eigenvalue weighted by atomic mass is 10.0. The van der Waals surface area contributed by atoms with Crippen LogP contribution in [-0.2, 0) is 4.74 Å². The van der Waals surface area contributed by atoms with Crippen LogP contribution in [0.3, 0.4) is 0 Å². The van der Waals surface area contributed by atoms with Crippen molar-refractivity contribution < 1.29 is 22.7 Å². The number of amides is 1. The van der Waals surface area contributed by atoms with Gasteiger partial charge in [-0.25, -0.2) is 4.79 Å². The third-order valence-corrected chi connectivity index (χ3v) is 2.49. The van der Waals surface area contributed by atoms with Crippen LogP contribution in [0.15, 0.2) is 0 Å². The van der Waals surface area contributed by atoms with Gasteiger partial charge in [-0.15, -0.1) is 13.2 Å². The van der Waals surface area contributed by atoms with Crippen LogP contribution in [0.5, 0.6) is 0 Å². The second kappa shape index (κ2) is 4.90. The molecular weight excluding hydrogens is 225 g/mol. The Bertz CT molecular complexity index is 256. The number of rotatable bonds is 1. The highest BCUT2D eigenvalue weighted by Gasteiger charge is 2.39. The molecule has 0 saturated carbocycles. The topological polar surface area (TPSA) is 41.6 Å². The lowest BCUT2D eigenvalue weighted by molar-refractivity contribution is -0.295. The van der Waals surface area contributed by atoms with E-state index in [0.29, 0.717) is 13.1 Å². The smallest absolute Gasteiger partial charge is 0.356 e. The minimum absolute atomic E-state index is 0.0774. The highest BCUT2D eigenvalue weighted by molar-refractivity contribution is 5.68. The predicted molar refractivity (Wildman–Crippen MR) is 50.7 cm³/mol. The maximum Gasteiger partial charge on any atom is 0.576 e. The molecule has 0 aromatic rings. The summed E-state index contributed by atoms with van der Waals surface area (Å²) < 4.78 is 39.1. The summed E-state index contributed by atoms with van der Waals surface area (Å²) in [6, 6.07) is -0.261. The zero-order valence-corrected chi connectivity index (χ0v) is 9.17. The number of hydrogen-bond donors (Lipinski definition) is 1. The molecule has 0 aromatic carbocycles. The van der Waals surface area contributed by atoms with Crippen LogP contribution < -0.4 is 5.32 Å². The Labute approximate surface area is 91.7 Å². The number of piperazine rings is 1. The first-order valence-electron chi connectivity index (χ1n) is 5.08. The summed E-state index contributed by atoms with van der Waals surface area (Å²) in [5.74, 6) is 0.0774. The number of alkyl halides is 3. The third-order valence-electron chi connectivity index (χ3n) is 2.49. The molecule has 0 aromatic heterocycles. The summed E-state index contributed by atoms with van der Waals surface area (Å²) >= 11 is 0. The van der Waals surface area contributed by atoms with E-state index in [9.17, 15) is 18.0 Å². The second-order valence-corrected chi connectivity index (χ2v) is 4.02. The first-order valence-corrected chi connectivity index (χ1v) is 5.08. The second-order valence-electron chi connectivity index (χ2n) is 4.02. The van der Waals surface area contributed by atoms with Crippen LogP contribution >= 0.6 is 0 Å². The zero-order chi connectivity index (χ0) is 12.3. The quantitative estimate of drug-likeness (QED) is 0.756. The number of carbonyl (C=O) groups is 1. The first-order chi connectivity index (χ1) is 7.31. The van der Waals surface area contributed by atoms with Gasteiger partial charge in [0.1, 0.15) is 0 Å². The van der Waals surface area contributed by atoms with Gasteiger partial charge in [0.05, 0.1) is 0 Å². The van der Waals surface area contributed by atoms with Crippen LogP contribution in [-0.4, -0.2) is 43.0 Å². The highest BCUT2D eigenvalue weighted by atomic mass is 19.4. The fourth-order valence-electron chi connectivity index (χ4n) is 1.71. The largest absolute Gasteiger partial charge is 0.576 e. The highest BCUT2D eigenvalue weighted by Crippen LogP contribution is 2.21. The predicted octanol–water partition coefficient (Wildman–Crippen LogP) is 1.57. The molecule has 1 amide bonds. The van der Waals surface area contributed by atoms with Crippen molar-refractivity contribution >= 4 is 6.09 Å². The molecule has 4 nitrogen and oxygen atoms in total. The number of nitrogens with zero attached hydrogens (tertiary/aromatic N) is 1. The lowest BCUT2D eigenvalue weighted by Crippen LogP contribution is -2.56. The van der Waals surface area contributed by atoms with Crippen molar-refractivity contribution in [1.29, 1.82) is 0 Å². The Hall–Kier alpha value is -0.980. The molecular formula is C9H15F3N2O2. The molecule has 94 valence electrons. The molecule has 1 N–H and O–H groups in total. The average molecular weight is 240 g/mol. The summed E-state index contributed by atoms with van der Waals surface area (Å²) in [4.78, 5) is 12.4. The number of halogens is 3. The van der Waals surface area contributed by atoms with E-state index in [1.54, 1.807) is 0 Å². The third kappa shape index (κ3) is 3.55. The van der Waals surface area contributed by atoms with Crippen molar-refractivity contribution in [2.75, 3.05) is 19.6 Å². The van der Waals surface area contributed by atoms with Gasteiger partial charge in [0.25, 0.3) is 0 Å². The van der Waals surface area contributed by atoms with Crippen molar-refractivity contribution in [3.05, 3.63) is 0 Å². The summed E-state index contributed by atoms with van der Waals surface area (Å²) in [7, 11) is 0. The standard InChI is InChI=1S/C9H15F3N2O2/c1-6(2)7-5-13-3-4-14(7)8(15)16-9(10,11)12/h6-7,13H,3-5H2,1-2H3/t7-/m1/s1. The van der Waals surface area contributed by atoms with Crippen molar-refractivity contribution in [1.82, 2.24) is 10.2 Å². The Morgan fingerprint density at radius 1 is 1.50 bits per heavy atom. The van der Waals surface area contributed by atoms with Gasteiger partial charge in [0.2, 0.25) is 0 Å². The van der Waals surface area contributed by atoms with E-state index in [4.69, 9.17) is 0 Å². The van der Waals surface area contributed by atoms with E-state index < -0.39 is 12.5 Å². The molecule has 0 unspecified atom stereocenters. The van der Waals surface area contributed by atoms with Gasteiger partial charge in [0, 0.05) is 25.7 Å². The minimum Gasteiger partial charge on any atom is -0.356 e. The fourth-order valence-corrected chi connectivity index (χ4v) is 1.71. The maximum absolute atomic E-state index is 11.9. The fraction of sp³-hybridized carbons (Fsp3) is 0.889. The van der Waals surface area contributed by atoms with Crippen molar-refractivity contribution in [3.63, 3.8) is 0 Å². The molecule has 7 heteroatoms. The molecule has 1 atom stereocenters. The van der Waals surface area contributed by atoms with Gasteiger partial charge >= 0.3 is 12.5 Å². The van der Waals surface area contributed by atoms with E-state index in [1.807, 2.05) is 13.8 Å². The van der Waals surface area contributed by atoms with E-state index in [-0.39, 0.29) is 18.5 Å². The van der Waals surface area contributed by atoms with E-state index in [1.165, 1.54) is 0 Å². The molecule has 16 heavy (non-hydrogen) atoms. The summed E-state index contributed by atoms with van der Waals surface area (Å²) in [6.07, 6.45) is -6.23. The number of hydrogen-bond acceptors (Lipinski definition) is 3. The first kappa shape index (κ1) is 13.1. The van der Waals surface area contributed by atoms with Crippen LogP contribution in [0.1, 0.15) is 13.8 Å². The molecule has 1 fully saturated rings. The van der Waals surface area contributed by atoms with Gasteiger partial charge < -0.3 is 15.0 Å². The average Bonchev–Trinajstić information content (AvgIpc) is 2.15. The molecule has 1 rings (SSSR count). The van der Waals surface area contributed by atoms with E-state index >= 15 is 0 Å². The Kier molecular flexibility index (Phi) is 4.01. The minimum atomic E-state index is -4.91. The normalized spacial score (nSPS) is 22.4. The van der Waals surface area contributed by atoms with Crippen LogP contribution in [0.4, 0.5) is 18.0 Å². The molecule has 1 heterocycles. The van der Waals surface area contributed by atoms with Gasteiger partial charge in [-0.2, -0.15) is 0 Å². The summed E-state index contributed by atoms with van der Waals surface area (Å²) in [6.45, 7) is 4.91. The van der Waals surface area contributed by atoms with Crippen molar-refractivity contribution in [2.24, 2.45) is 5.92 Å². The molecule has 0 aliphatic carbocycles. The van der Waals surface area contributed by atoms with Crippen LogP contribution in [0.25, 0.3) is 0 Å². The monoisotopic (exact) mass is 240 g/mol. The Balaban J connectivity index is 2.64. The molecule has 1 aliphatic heterocycles. The van der Waals surface area contributed by atoms with E-state index in [2.05, 4.69) is 10.1 Å². The number of nitrogens with one attached hydrogen (secondary N) is 1. The summed E-state index contributed by atoms with van der Waals surface area (Å²) in [5, 5.41) is 3.03. The molecule has 0 spiro atoms. The van der Waals surface area contributed by atoms with Gasteiger partial charge in [0.15, 0.2) is 0 Å². The zero-order valence-electron chi connectivity index (χ0n) is 9.17. The summed E-state index contributed by atoms with van der Waals surface area (Å²) in [5.41, 5.74) is 0. The lowest BCUT2D eigenvalue weighted by Gasteiger charge is -2.37. The maximum atomic E-state index is 11.9. The Morgan fingerprint density at radius 3 is 2.62 bits per heavy atom. The van der Waals surface area contributed by atoms with Crippen LogP contribution in [0.2, 0.25) is 0 Å². The van der Waals surface area contributed by atoms with Crippen LogP contribution in [0, 0.1) is 5.92 Å². The van der Waals surface area contributed by atoms with Gasteiger partial charge in [-0.1, -0.05) is 13.8 Å². The van der Waals surface area contributed by atoms with Gasteiger partial charge in [-0.05, 0) is 5.92 Å². The molecule has 0 radical (unpaired) electrons. The van der Waals surface area contributed by atoms with Crippen molar-refractivity contribution in [2.45, 2.75) is 26.3 Å². The molecule has 0 bridgehead atoms. The van der Waals surface area contributed by atoms with Gasteiger partial charge in [-0.3, -0.25) is 0 Å². The number of carbonyl (C=O) groups excluding carboxylic acids is 1. The number of ether oxygens (including phenoxy) is 1. The Morgan fingerprint density at radius 2 is 2.12 bits per heavy atom. The molecule has 1 aliphatic rings. The SMILES string of the molecule is CC(C)[C@H]1CNCCN1C(=O)OC(F)(F)F.